The molecule has 0 saturated heterocycles. The average Bonchev–Trinajstić information content (AvgIpc) is 2.39. The Morgan fingerprint density at radius 1 is 1.00 bits per heavy atom. The van der Waals surface area contributed by atoms with Crippen LogP contribution in [-0.2, 0) is 18.1 Å². The summed E-state index contributed by atoms with van der Waals surface area (Å²) in [5.41, 5.74) is 0. The summed E-state index contributed by atoms with van der Waals surface area (Å²) in [5, 5.41) is 0. The van der Waals surface area contributed by atoms with E-state index in [2.05, 4.69) is 13.6 Å². The Labute approximate surface area is 120 Å². The lowest BCUT2D eigenvalue weighted by Crippen LogP contribution is -2.39. The average molecular weight is 342 g/mol. The van der Waals surface area contributed by atoms with Crippen LogP contribution in [0.4, 0.5) is 22.0 Å². The highest BCUT2D eigenvalue weighted by Crippen LogP contribution is 2.53. The van der Waals surface area contributed by atoms with Crippen molar-refractivity contribution in [2.45, 2.75) is 58.2 Å². The zero-order valence-electron chi connectivity index (χ0n) is 11.9. The van der Waals surface area contributed by atoms with E-state index in [-0.39, 0.29) is 13.2 Å². The smallest absolute Gasteiger partial charge is 0.287 e. The minimum absolute atomic E-state index is 0.188. The Morgan fingerprint density at radius 2 is 1.43 bits per heavy atom. The van der Waals surface area contributed by atoms with Gasteiger partial charge in [0.2, 0.25) is 0 Å². The zero-order valence-corrected chi connectivity index (χ0v) is 12.8. The molecule has 21 heavy (non-hydrogen) atoms. The summed E-state index contributed by atoms with van der Waals surface area (Å²) in [6.45, 7) is 3.17. The molecule has 0 aromatic carbocycles. The van der Waals surface area contributed by atoms with Crippen molar-refractivity contribution < 1.29 is 40.1 Å². The fourth-order valence-electron chi connectivity index (χ4n) is 1.02. The molecule has 0 fully saturated rings. The number of hydrogen-bond acceptors (Lipinski definition) is 4. The number of unbranched alkanes of at least 4 members (excludes halogenated alkanes) is 2. The summed E-state index contributed by atoms with van der Waals surface area (Å²) in [6, 6.07) is 0. The molecule has 0 aliphatic heterocycles. The van der Waals surface area contributed by atoms with Crippen LogP contribution >= 0.6 is 7.82 Å². The van der Waals surface area contributed by atoms with Gasteiger partial charge in [0.15, 0.2) is 0 Å². The van der Waals surface area contributed by atoms with Crippen LogP contribution in [0.15, 0.2) is 0 Å². The van der Waals surface area contributed by atoms with Gasteiger partial charge in [0.1, 0.15) is 0 Å². The van der Waals surface area contributed by atoms with Gasteiger partial charge < -0.3 is 0 Å². The maximum atomic E-state index is 13.2. The molecule has 4 nitrogen and oxygen atoms in total. The van der Waals surface area contributed by atoms with Gasteiger partial charge >= 0.3 is 20.2 Å². The summed E-state index contributed by atoms with van der Waals surface area (Å²) < 4.78 is 87.8. The van der Waals surface area contributed by atoms with E-state index in [1.165, 1.54) is 0 Å². The van der Waals surface area contributed by atoms with Crippen LogP contribution in [0.2, 0.25) is 0 Å². The van der Waals surface area contributed by atoms with Crippen LogP contribution in [0.25, 0.3) is 0 Å². The van der Waals surface area contributed by atoms with Crippen LogP contribution in [0.1, 0.15) is 39.5 Å². The van der Waals surface area contributed by atoms with E-state index in [9.17, 15) is 26.5 Å². The van der Waals surface area contributed by atoms with Crippen molar-refractivity contribution in [1.29, 1.82) is 0 Å². The normalized spacial score (nSPS) is 14.7. The maximum absolute atomic E-state index is 13.2. The second-order valence-electron chi connectivity index (χ2n) is 4.22. The lowest BCUT2D eigenvalue weighted by Gasteiger charge is -2.24. The van der Waals surface area contributed by atoms with Gasteiger partial charge in [-0.3, -0.25) is 9.05 Å². The molecule has 1 unspecified atom stereocenters. The molecule has 0 aliphatic rings. The van der Waals surface area contributed by atoms with Crippen LogP contribution in [0, 0.1) is 0 Å². The number of phosphoric acid groups is 1. The van der Waals surface area contributed by atoms with Crippen molar-refractivity contribution in [3.05, 3.63) is 0 Å². The first-order valence-electron chi connectivity index (χ1n) is 6.57. The third-order valence-electron chi connectivity index (χ3n) is 2.31. The summed E-state index contributed by atoms with van der Waals surface area (Å²) in [4.78, 5) is 0. The van der Waals surface area contributed by atoms with Crippen LogP contribution in [0.5, 0.6) is 0 Å². The van der Waals surface area contributed by atoms with Gasteiger partial charge in [-0.15, -0.1) is 0 Å². The van der Waals surface area contributed by atoms with E-state index >= 15 is 0 Å². The third-order valence-corrected chi connectivity index (χ3v) is 3.75. The molecule has 0 radical (unpaired) electrons. The Kier molecular flexibility index (Phi) is 9.60. The van der Waals surface area contributed by atoms with Crippen molar-refractivity contribution in [3.63, 3.8) is 0 Å². The molecule has 10 heteroatoms. The van der Waals surface area contributed by atoms with Gasteiger partial charge in [0, 0.05) is 0 Å². The van der Waals surface area contributed by atoms with Gasteiger partial charge in [-0.05, 0) is 12.8 Å². The molecule has 0 heterocycles. The molecule has 0 aliphatic carbocycles. The first-order chi connectivity index (χ1) is 9.69. The highest BCUT2D eigenvalue weighted by Gasteiger charge is 2.53. The first kappa shape index (κ1) is 20.8. The van der Waals surface area contributed by atoms with Gasteiger partial charge in [-0.1, -0.05) is 26.7 Å². The number of rotatable bonds is 12. The molecule has 1 atom stereocenters. The van der Waals surface area contributed by atoms with Gasteiger partial charge in [-0.2, -0.15) is 8.78 Å². The predicted molar refractivity (Wildman–Crippen MR) is 66.3 cm³/mol. The number of alkyl halides is 5. The molecule has 0 amide bonds. The van der Waals surface area contributed by atoms with E-state index in [0.717, 1.165) is 0 Å². The van der Waals surface area contributed by atoms with Gasteiger partial charge in [-0.25, -0.2) is 22.3 Å². The zero-order chi connectivity index (χ0) is 16.5. The monoisotopic (exact) mass is 342 g/mol. The molecular weight excluding hydrogens is 322 g/mol. The number of halogens is 5. The lowest BCUT2D eigenvalue weighted by molar-refractivity contribution is -0.226. The Morgan fingerprint density at radius 3 is 1.76 bits per heavy atom. The van der Waals surface area contributed by atoms with Crippen LogP contribution in [0.3, 0.4) is 0 Å². The van der Waals surface area contributed by atoms with Crippen molar-refractivity contribution in [3.8, 4) is 0 Å². The minimum atomic E-state index is -5.10. The van der Waals surface area contributed by atoms with E-state index in [1.54, 1.807) is 13.8 Å². The second kappa shape index (κ2) is 9.71. The van der Waals surface area contributed by atoms with Gasteiger partial charge in [0.05, 0.1) is 13.2 Å². The van der Waals surface area contributed by atoms with Crippen LogP contribution in [-0.4, -0.2) is 31.9 Å². The molecule has 128 valence electrons. The lowest BCUT2D eigenvalue weighted by atomic mass is 10.4. The molecular formula is C11H20F5O4P. The highest BCUT2D eigenvalue weighted by molar-refractivity contribution is 7.48. The van der Waals surface area contributed by atoms with E-state index in [0.29, 0.717) is 25.7 Å². The maximum Gasteiger partial charge on any atom is 0.477 e. The quantitative estimate of drug-likeness (QED) is 0.286. The Hall–Kier alpha value is -0.240. The summed E-state index contributed by atoms with van der Waals surface area (Å²) in [7, 11) is -4.66. The largest absolute Gasteiger partial charge is 0.477 e. The van der Waals surface area contributed by atoms with Crippen molar-refractivity contribution in [2.75, 3.05) is 13.2 Å². The van der Waals surface area contributed by atoms with Crippen molar-refractivity contribution in [1.82, 2.24) is 0 Å². The topological polar surface area (TPSA) is 44.8 Å². The first-order valence-corrected chi connectivity index (χ1v) is 8.03. The Bertz CT molecular complexity index is 316. The summed E-state index contributed by atoms with van der Waals surface area (Å²) in [5.74, 6) is -5.10. The SMILES string of the molecule is CCCCOP(=O)(OCCCC)OC(F)C(F)(F)C(F)F. The number of hydrogen-bond donors (Lipinski definition) is 0. The van der Waals surface area contributed by atoms with Crippen LogP contribution < -0.4 is 0 Å². The van der Waals surface area contributed by atoms with Crippen molar-refractivity contribution >= 4 is 7.82 Å². The molecule has 0 aromatic heterocycles. The summed E-state index contributed by atoms with van der Waals surface area (Å²) >= 11 is 0. The standard InChI is InChI=1S/C11H20F5O4P/c1-3-5-7-18-21(17,19-8-6-4-2)20-10(14)11(15,16)9(12)13/h9-10H,3-8H2,1-2H3. The fourth-order valence-corrected chi connectivity index (χ4v) is 2.29. The van der Waals surface area contributed by atoms with E-state index < -0.39 is 26.5 Å². The summed E-state index contributed by atoms with van der Waals surface area (Å²) in [6.07, 6.45) is -6.04. The fraction of sp³-hybridized carbons (Fsp3) is 1.00. The number of phosphoric ester groups is 1. The predicted octanol–water partition coefficient (Wildman–Crippen LogP) is 4.94. The third kappa shape index (κ3) is 7.54. The second-order valence-corrected chi connectivity index (χ2v) is 5.84. The molecule has 0 aromatic rings. The minimum Gasteiger partial charge on any atom is -0.287 e. The van der Waals surface area contributed by atoms with E-state index in [4.69, 9.17) is 0 Å². The molecule has 0 spiro atoms. The van der Waals surface area contributed by atoms with Gasteiger partial charge in [0.25, 0.3) is 6.36 Å². The molecule has 0 bridgehead atoms. The van der Waals surface area contributed by atoms with E-state index in [1.807, 2.05) is 0 Å². The van der Waals surface area contributed by atoms with Crippen molar-refractivity contribution in [2.24, 2.45) is 0 Å². The highest BCUT2D eigenvalue weighted by atomic mass is 31.2. The molecule has 0 N–H and O–H groups in total. The molecule has 0 saturated carbocycles. The Balaban J connectivity index is 4.75. The molecule has 0 rings (SSSR count).